The third-order valence-corrected chi connectivity index (χ3v) is 2.92. The first-order chi connectivity index (χ1) is 8.50. The molecule has 1 rings (SSSR count). The summed E-state index contributed by atoms with van der Waals surface area (Å²) in [6, 6.07) is 9.74. The van der Waals surface area contributed by atoms with Crippen molar-refractivity contribution in [3.05, 3.63) is 35.9 Å². The summed E-state index contributed by atoms with van der Waals surface area (Å²) in [6.45, 7) is 4.95. The maximum absolute atomic E-state index is 12.0. The molecule has 0 fully saturated rings. The van der Waals surface area contributed by atoms with Crippen LogP contribution in [0.1, 0.15) is 25.8 Å². The van der Waals surface area contributed by atoms with Crippen LogP contribution in [0.3, 0.4) is 0 Å². The van der Waals surface area contributed by atoms with Crippen molar-refractivity contribution in [3.63, 3.8) is 0 Å². The highest BCUT2D eigenvalue weighted by Gasteiger charge is 2.18. The van der Waals surface area contributed by atoms with Crippen LogP contribution in [0.2, 0.25) is 0 Å². The van der Waals surface area contributed by atoms with Crippen molar-refractivity contribution < 1.29 is 4.79 Å². The van der Waals surface area contributed by atoms with Crippen LogP contribution >= 0.6 is 0 Å². The number of benzene rings is 1. The molecule has 0 aliphatic heterocycles. The van der Waals surface area contributed by atoms with Crippen LogP contribution in [0.4, 0.5) is 0 Å². The first-order valence-electron chi connectivity index (χ1n) is 6.55. The molecule has 18 heavy (non-hydrogen) atoms. The van der Waals surface area contributed by atoms with Gasteiger partial charge in [0.15, 0.2) is 0 Å². The maximum atomic E-state index is 12.0. The number of hydrogen-bond acceptors (Lipinski definition) is 2. The molecule has 0 radical (unpaired) electrons. The van der Waals surface area contributed by atoms with E-state index in [0.717, 1.165) is 13.0 Å². The number of aryl methyl sites for hydroxylation is 1. The molecule has 0 saturated carbocycles. The lowest BCUT2D eigenvalue weighted by Crippen LogP contribution is -2.43. The predicted molar refractivity (Wildman–Crippen MR) is 75.2 cm³/mol. The number of carbonyl (C=O) groups is 1. The van der Waals surface area contributed by atoms with E-state index in [2.05, 4.69) is 26.0 Å². The van der Waals surface area contributed by atoms with Crippen molar-refractivity contribution in [2.45, 2.75) is 32.7 Å². The van der Waals surface area contributed by atoms with E-state index in [1.54, 1.807) is 4.90 Å². The monoisotopic (exact) mass is 248 g/mol. The smallest absolute Gasteiger partial charge is 0.239 e. The Morgan fingerprint density at radius 3 is 2.44 bits per heavy atom. The largest absolute Gasteiger partial charge is 0.344 e. The molecule has 2 N–H and O–H groups in total. The summed E-state index contributed by atoms with van der Waals surface area (Å²) in [5, 5.41) is 0. The highest BCUT2D eigenvalue weighted by atomic mass is 16.2. The summed E-state index contributed by atoms with van der Waals surface area (Å²) in [6.07, 6.45) is 1.55. The van der Waals surface area contributed by atoms with Gasteiger partial charge in [-0.3, -0.25) is 4.79 Å². The highest BCUT2D eigenvalue weighted by molar-refractivity contribution is 5.81. The van der Waals surface area contributed by atoms with E-state index in [0.29, 0.717) is 12.3 Å². The number of hydrogen-bond donors (Lipinski definition) is 1. The van der Waals surface area contributed by atoms with Gasteiger partial charge < -0.3 is 10.6 Å². The second-order valence-electron chi connectivity index (χ2n) is 5.24. The molecule has 0 aromatic heterocycles. The fraction of sp³-hybridized carbons (Fsp3) is 0.533. The lowest BCUT2D eigenvalue weighted by atomic mass is 10.0. The van der Waals surface area contributed by atoms with Crippen LogP contribution < -0.4 is 5.73 Å². The third-order valence-electron chi connectivity index (χ3n) is 2.92. The summed E-state index contributed by atoms with van der Waals surface area (Å²) in [7, 11) is 1.82. The second-order valence-corrected chi connectivity index (χ2v) is 5.24. The van der Waals surface area contributed by atoms with Crippen molar-refractivity contribution in [2.75, 3.05) is 13.6 Å². The van der Waals surface area contributed by atoms with Gasteiger partial charge in [0.25, 0.3) is 0 Å². The Kier molecular flexibility index (Phi) is 5.86. The van der Waals surface area contributed by atoms with E-state index >= 15 is 0 Å². The number of nitrogens with two attached hydrogens (primary N) is 1. The molecule has 0 spiro atoms. The van der Waals surface area contributed by atoms with Crippen LogP contribution in [0.5, 0.6) is 0 Å². The SMILES string of the molecule is CC(C)CN(C)C(=O)C(N)CCc1ccccc1. The Morgan fingerprint density at radius 2 is 1.89 bits per heavy atom. The molecule has 0 bridgehead atoms. The quantitative estimate of drug-likeness (QED) is 0.837. The molecule has 1 atom stereocenters. The van der Waals surface area contributed by atoms with Crippen LogP contribution in [0.25, 0.3) is 0 Å². The van der Waals surface area contributed by atoms with Gasteiger partial charge in [0.05, 0.1) is 6.04 Å². The summed E-state index contributed by atoms with van der Waals surface area (Å²) >= 11 is 0. The molecule has 0 saturated heterocycles. The van der Waals surface area contributed by atoms with Crippen molar-refractivity contribution in [1.82, 2.24) is 4.90 Å². The summed E-state index contributed by atoms with van der Waals surface area (Å²) in [4.78, 5) is 13.7. The molecule has 0 heterocycles. The van der Waals surface area contributed by atoms with E-state index in [9.17, 15) is 4.79 Å². The maximum Gasteiger partial charge on any atom is 0.239 e. The Balaban J connectivity index is 2.40. The fourth-order valence-corrected chi connectivity index (χ4v) is 2.01. The Labute approximate surface area is 110 Å². The number of carbonyl (C=O) groups excluding carboxylic acids is 1. The van der Waals surface area contributed by atoms with Crippen molar-refractivity contribution in [3.8, 4) is 0 Å². The standard InChI is InChI=1S/C15H24N2O/c1-12(2)11-17(3)15(18)14(16)10-9-13-7-5-4-6-8-13/h4-8,12,14H,9-11,16H2,1-3H3. The van der Waals surface area contributed by atoms with Crippen molar-refractivity contribution >= 4 is 5.91 Å². The summed E-state index contributed by atoms with van der Waals surface area (Å²) in [5.41, 5.74) is 7.18. The normalized spacial score (nSPS) is 12.5. The van der Waals surface area contributed by atoms with Crippen LogP contribution in [-0.2, 0) is 11.2 Å². The summed E-state index contributed by atoms with van der Waals surface area (Å²) in [5.74, 6) is 0.514. The molecule has 3 nitrogen and oxygen atoms in total. The van der Waals surface area contributed by atoms with E-state index in [1.165, 1.54) is 5.56 Å². The van der Waals surface area contributed by atoms with Crippen LogP contribution in [0.15, 0.2) is 30.3 Å². The number of amides is 1. The van der Waals surface area contributed by atoms with Gasteiger partial charge in [-0.25, -0.2) is 0 Å². The van der Waals surface area contributed by atoms with E-state index in [-0.39, 0.29) is 5.91 Å². The molecule has 3 heteroatoms. The van der Waals surface area contributed by atoms with Gasteiger partial charge in [-0.2, -0.15) is 0 Å². The highest BCUT2D eigenvalue weighted by Crippen LogP contribution is 2.06. The number of likely N-dealkylation sites (N-methyl/N-ethyl adjacent to an activating group) is 1. The third kappa shape index (κ3) is 4.88. The zero-order valence-corrected chi connectivity index (χ0v) is 11.6. The van der Waals surface area contributed by atoms with Crippen molar-refractivity contribution in [1.29, 1.82) is 0 Å². The molecule has 1 unspecified atom stereocenters. The first-order valence-corrected chi connectivity index (χ1v) is 6.55. The predicted octanol–water partition coefficient (Wildman–Crippen LogP) is 2.06. The van der Waals surface area contributed by atoms with E-state index < -0.39 is 6.04 Å². The molecule has 1 amide bonds. The average molecular weight is 248 g/mol. The molecule has 0 aliphatic carbocycles. The second kappa shape index (κ2) is 7.17. The lowest BCUT2D eigenvalue weighted by molar-refractivity contribution is -0.131. The Bertz CT molecular complexity index is 362. The average Bonchev–Trinajstić information content (AvgIpc) is 2.35. The molecular weight excluding hydrogens is 224 g/mol. The Morgan fingerprint density at radius 1 is 1.28 bits per heavy atom. The van der Waals surface area contributed by atoms with Crippen LogP contribution in [0, 0.1) is 5.92 Å². The fourth-order valence-electron chi connectivity index (χ4n) is 2.01. The van der Waals surface area contributed by atoms with E-state index in [1.807, 2.05) is 25.2 Å². The van der Waals surface area contributed by atoms with Gasteiger partial charge in [0.1, 0.15) is 0 Å². The van der Waals surface area contributed by atoms with Gasteiger partial charge in [-0.1, -0.05) is 44.2 Å². The van der Waals surface area contributed by atoms with Gasteiger partial charge in [0.2, 0.25) is 5.91 Å². The zero-order chi connectivity index (χ0) is 13.5. The molecular formula is C15H24N2O. The van der Waals surface area contributed by atoms with Crippen LogP contribution in [-0.4, -0.2) is 30.4 Å². The van der Waals surface area contributed by atoms with Gasteiger partial charge in [-0.05, 0) is 24.3 Å². The Hall–Kier alpha value is -1.35. The molecule has 1 aromatic carbocycles. The molecule has 0 aliphatic rings. The lowest BCUT2D eigenvalue weighted by Gasteiger charge is -2.23. The topological polar surface area (TPSA) is 46.3 Å². The number of rotatable bonds is 6. The summed E-state index contributed by atoms with van der Waals surface area (Å²) < 4.78 is 0. The first kappa shape index (κ1) is 14.7. The minimum absolute atomic E-state index is 0.0413. The van der Waals surface area contributed by atoms with Gasteiger partial charge in [-0.15, -0.1) is 0 Å². The van der Waals surface area contributed by atoms with E-state index in [4.69, 9.17) is 5.73 Å². The molecule has 100 valence electrons. The van der Waals surface area contributed by atoms with Gasteiger partial charge >= 0.3 is 0 Å². The number of nitrogens with zero attached hydrogens (tertiary/aromatic N) is 1. The minimum Gasteiger partial charge on any atom is -0.344 e. The zero-order valence-electron chi connectivity index (χ0n) is 11.6. The van der Waals surface area contributed by atoms with Crippen molar-refractivity contribution in [2.24, 2.45) is 11.7 Å². The minimum atomic E-state index is -0.394. The molecule has 1 aromatic rings. The van der Waals surface area contributed by atoms with Gasteiger partial charge in [0, 0.05) is 13.6 Å².